The molecule has 1 aromatic carbocycles. The van der Waals surface area contributed by atoms with Gasteiger partial charge in [-0.15, -0.1) is 0 Å². The van der Waals surface area contributed by atoms with E-state index < -0.39 is 5.82 Å². The Labute approximate surface area is 154 Å². The first kappa shape index (κ1) is 19.9. The number of carbonyl (C=O) groups is 1. The molecule has 0 aliphatic rings. The molecule has 1 heterocycles. The number of hydrogen-bond acceptors (Lipinski definition) is 3. The van der Waals surface area contributed by atoms with Crippen LogP contribution in [0.4, 0.5) is 10.2 Å². The summed E-state index contributed by atoms with van der Waals surface area (Å²) in [4.78, 5) is 12.3. The number of nitrogens with zero attached hydrogens (tertiary/aromatic N) is 2. The molecule has 2 aromatic rings. The summed E-state index contributed by atoms with van der Waals surface area (Å²) in [6, 6.07) is 8.05. The van der Waals surface area contributed by atoms with Crippen molar-refractivity contribution in [1.29, 1.82) is 0 Å². The molecule has 0 saturated carbocycles. The fourth-order valence-corrected chi connectivity index (χ4v) is 2.37. The second-order valence-electron chi connectivity index (χ2n) is 8.32. The zero-order valence-electron chi connectivity index (χ0n) is 16.4. The molecule has 0 aliphatic heterocycles. The summed E-state index contributed by atoms with van der Waals surface area (Å²) in [5.41, 5.74) is 0.519. The van der Waals surface area contributed by atoms with E-state index in [-0.39, 0.29) is 35.6 Å². The van der Waals surface area contributed by atoms with Gasteiger partial charge in [-0.2, -0.15) is 5.10 Å². The number of carbonyl (C=O) groups excluding carboxylic acids is 1. The van der Waals surface area contributed by atoms with Crippen molar-refractivity contribution in [3.8, 4) is 5.75 Å². The first-order chi connectivity index (χ1) is 12.0. The summed E-state index contributed by atoms with van der Waals surface area (Å²) < 4.78 is 20.7. The van der Waals surface area contributed by atoms with Gasteiger partial charge in [0.15, 0.2) is 11.6 Å². The second-order valence-corrected chi connectivity index (χ2v) is 8.32. The smallest absolute Gasteiger partial charge is 0.228 e. The Morgan fingerprint density at radius 2 is 1.85 bits per heavy atom. The molecule has 26 heavy (non-hydrogen) atoms. The van der Waals surface area contributed by atoms with Gasteiger partial charge in [0.25, 0.3) is 0 Å². The zero-order chi connectivity index (χ0) is 19.5. The molecule has 0 aliphatic carbocycles. The normalized spacial score (nSPS) is 12.1. The predicted molar refractivity (Wildman–Crippen MR) is 101 cm³/mol. The third kappa shape index (κ3) is 5.07. The molecule has 0 atom stereocenters. The van der Waals surface area contributed by atoms with Crippen LogP contribution < -0.4 is 10.1 Å². The lowest BCUT2D eigenvalue weighted by Crippen LogP contribution is -2.27. The predicted octanol–water partition coefficient (Wildman–Crippen LogP) is 4.48. The molecule has 0 unspecified atom stereocenters. The fraction of sp³-hybridized carbons (Fsp3) is 0.500. The molecule has 0 fully saturated rings. The molecule has 6 heteroatoms. The zero-order valence-corrected chi connectivity index (χ0v) is 16.4. The maximum atomic E-state index is 13.5. The van der Waals surface area contributed by atoms with Crippen LogP contribution in [-0.4, -0.2) is 22.3 Å². The van der Waals surface area contributed by atoms with Gasteiger partial charge >= 0.3 is 0 Å². The Hall–Kier alpha value is -2.37. The summed E-state index contributed by atoms with van der Waals surface area (Å²) >= 11 is 0. The van der Waals surface area contributed by atoms with Crippen molar-refractivity contribution < 1.29 is 13.9 Å². The maximum absolute atomic E-state index is 13.5. The molecule has 1 aromatic heterocycles. The Morgan fingerprint density at radius 3 is 2.42 bits per heavy atom. The number of aromatic nitrogens is 2. The van der Waals surface area contributed by atoms with Crippen molar-refractivity contribution in [2.24, 2.45) is 0 Å². The van der Waals surface area contributed by atoms with Crippen LogP contribution in [0.25, 0.3) is 0 Å². The molecule has 2 rings (SSSR count). The highest BCUT2D eigenvalue weighted by atomic mass is 19.1. The van der Waals surface area contributed by atoms with Gasteiger partial charge in [0.2, 0.25) is 5.91 Å². The van der Waals surface area contributed by atoms with E-state index >= 15 is 0 Å². The highest BCUT2D eigenvalue weighted by Crippen LogP contribution is 2.28. The summed E-state index contributed by atoms with van der Waals surface area (Å²) in [5.74, 6) is 0.161. The Kier molecular flexibility index (Phi) is 5.74. The molecular weight excluding hydrogens is 333 g/mol. The Balaban J connectivity index is 2.04. The topological polar surface area (TPSA) is 56.1 Å². The van der Waals surface area contributed by atoms with Gasteiger partial charge in [0.1, 0.15) is 5.82 Å². The van der Waals surface area contributed by atoms with E-state index in [0.717, 1.165) is 5.69 Å². The Bertz CT molecular complexity index is 770. The second kappa shape index (κ2) is 7.48. The van der Waals surface area contributed by atoms with Crippen molar-refractivity contribution >= 4 is 11.7 Å². The Morgan fingerprint density at radius 1 is 1.19 bits per heavy atom. The summed E-state index contributed by atoms with van der Waals surface area (Å²) in [6.45, 7) is 12.4. The SMILES string of the molecule is CC(C)(C)c1cc(NC(=O)CCOc2ccccc2F)n(C(C)(C)C)n1. The van der Waals surface area contributed by atoms with Crippen LogP contribution in [0.2, 0.25) is 0 Å². The van der Waals surface area contributed by atoms with Gasteiger partial charge in [0, 0.05) is 11.5 Å². The molecule has 0 spiro atoms. The average Bonchev–Trinajstić information content (AvgIpc) is 2.93. The number of anilines is 1. The van der Waals surface area contributed by atoms with Crippen molar-refractivity contribution in [2.75, 3.05) is 11.9 Å². The van der Waals surface area contributed by atoms with E-state index in [9.17, 15) is 9.18 Å². The van der Waals surface area contributed by atoms with Gasteiger partial charge < -0.3 is 10.1 Å². The quantitative estimate of drug-likeness (QED) is 0.854. The molecule has 1 N–H and O–H groups in total. The van der Waals surface area contributed by atoms with Crippen LogP contribution >= 0.6 is 0 Å². The lowest BCUT2D eigenvalue weighted by Gasteiger charge is -2.23. The number of rotatable bonds is 5. The van der Waals surface area contributed by atoms with Gasteiger partial charge in [-0.1, -0.05) is 32.9 Å². The van der Waals surface area contributed by atoms with E-state index in [2.05, 4.69) is 31.2 Å². The van der Waals surface area contributed by atoms with Crippen LogP contribution in [0, 0.1) is 5.82 Å². The number of hydrogen-bond donors (Lipinski definition) is 1. The average molecular weight is 361 g/mol. The number of nitrogens with one attached hydrogen (secondary N) is 1. The van der Waals surface area contributed by atoms with Gasteiger partial charge in [-0.3, -0.25) is 4.79 Å². The minimum Gasteiger partial charge on any atom is -0.490 e. The number of benzene rings is 1. The van der Waals surface area contributed by atoms with E-state index in [4.69, 9.17) is 4.74 Å². The summed E-state index contributed by atoms with van der Waals surface area (Å²) in [6.07, 6.45) is 0.120. The van der Waals surface area contributed by atoms with E-state index in [1.165, 1.54) is 12.1 Å². The lowest BCUT2D eigenvalue weighted by molar-refractivity contribution is -0.116. The van der Waals surface area contributed by atoms with Gasteiger partial charge in [0.05, 0.1) is 24.3 Å². The molecule has 0 saturated heterocycles. The van der Waals surface area contributed by atoms with Crippen molar-refractivity contribution in [3.63, 3.8) is 0 Å². The van der Waals surface area contributed by atoms with E-state index in [1.54, 1.807) is 12.1 Å². The molecule has 1 amide bonds. The molecule has 5 nitrogen and oxygen atoms in total. The van der Waals surface area contributed by atoms with Crippen molar-refractivity contribution in [2.45, 2.75) is 58.9 Å². The molecule has 0 radical (unpaired) electrons. The highest BCUT2D eigenvalue weighted by molar-refractivity contribution is 5.90. The highest BCUT2D eigenvalue weighted by Gasteiger charge is 2.25. The number of ether oxygens (including phenoxy) is 1. The third-order valence-corrected chi connectivity index (χ3v) is 3.80. The number of para-hydroxylation sites is 1. The first-order valence-corrected chi connectivity index (χ1v) is 8.76. The van der Waals surface area contributed by atoms with Crippen LogP contribution in [0.15, 0.2) is 30.3 Å². The minimum atomic E-state index is -0.437. The molecule has 142 valence electrons. The maximum Gasteiger partial charge on any atom is 0.228 e. The first-order valence-electron chi connectivity index (χ1n) is 8.76. The number of halogens is 1. The number of amides is 1. The summed E-state index contributed by atoms with van der Waals surface area (Å²) in [7, 11) is 0. The monoisotopic (exact) mass is 361 g/mol. The third-order valence-electron chi connectivity index (χ3n) is 3.80. The molecular formula is C20H28FN3O2. The van der Waals surface area contributed by atoms with Crippen LogP contribution in [-0.2, 0) is 15.7 Å². The van der Waals surface area contributed by atoms with E-state index in [0.29, 0.717) is 5.82 Å². The van der Waals surface area contributed by atoms with Gasteiger partial charge in [-0.05, 0) is 32.9 Å². The minimum absolute atomic E-state index is 0.0998. The van der Waals surface area contributed by atoms with Crippen LogP contribution in [0.3, 0.4) is 0 Å². The van der Waals surface area contributed by atoms with E-state index in [1.807, 2.05) is 31.5 Å². The van der Waals surface area contributed by atoms with Crippen LogP contribution in [0.1, 0.15) is 53.7 Å². The van der Waals surface area contributed by atoms with Gasteiger partial charge in [-0.25, -0.2) is 9.07 Å². The fourth-order valence-electron chi connectivity index (χ4n) is 2.37. The largest absolute Gasteiger partial charge is 0.490 e. The summed E-state index contributed by atoms with van der Waals surface area (Å²) in [5, 5.41) is 7.56. The van der Waals surface area contributed by atoms with Crippen molar-refractivity contribution in [3.05, 3.63) is 41.8 Å². The lowest BCUT2D eigenvalue weighted by atomic mass is 9.92. The van der Waals surface area contributed by atoms with Crippen LogP contribution in [0.5, 0.6) is 5.75 Å². The standard InChI is InChI=1S/C20H28FN3O2/c1-19(2,3)16-13-17(24(23-16)20(4,5)6)22-18(25)11-12-26-15-10-8-7-9-14(15)21/h7-10,13H,11-12H2,1-6H3,(H,22,25). The van der Waals surface area contributed by atoms with Crippen molar-refractivity contribution in [1.82, 2.24) is 9.78 Å². The molecule has 0 bridgehead atoms.